The molecule has 1 aromatic rings. The van der Waals surface area contributed by atoms with Gasteiger partial charge in [0.25, 0.3) is 0 Å². The van der Waals surface area contributed by atoms with Gasteiger partial charge in [0, 0.05) is 25.1 Å². The van der Waals surface area contributed by atoms with Gasteiger partial charge >= 0.3 is 0 Å². The molecule has 0 aliphatic carbocycles. The number of rotatable bonds is 8. The van der Waals surface area contributed by atoms with Crippen molar-refractivity contribution < 1.29 is 9.53 Å². The topological polar surface area (TPSA) is 41.6 Å². The van der Waals surface area contributed by atoms with E-state index < -0.39 is 0 Å². The Bertz CT molecular complexity index is 446. The van der Waals surface area contributed by atoms with Crippen LogP contribution < -0.4 is 10.1 Å². The van der Waals surface area contributed by atoms with Crippen LogP contribution in [0.1, 0.15) is 45.2 Å². The lowest BCUT2D eigenvalue weighted by atomic mass is 10.1. The summed E-state index contributed by atoms with van der Waals surface area (Å²) >= 11 is 0. The molecular weight excluding hydrogens is 264 g/mol. The second-order valence-electron chi connectivity index (χ2n) is 5.63. The highest BCUT2D eigenvalue weighted by Gasteiger charge is 2.19. The number of hydrogen-bond donors (Lipinski definition) is 1. The van der Waals surface area contributed by atoms with E-state index in [0.29, 0.717) is 12.5 Å². The van der Waals surface area contributed by atoms with Crippen LogP contribution in [0.3, 0.4) is 0 Å². The molecule has 4 heteroatoms. The molecule has 0 fully saturated rings. The third-order valence-corrected chi connectivity index (χ3v) is 3.68. The van der Waals surface area contributed by atoms with Gasteiger partial charge in [0.2, 0.25) is 5.91 Å². The van der Waals surface area contributed by atoms with E-state index >= 15 is 0 Å². The van der Waals surface area contributed by atoms with E-state index in [4.69, 9.17) is 4.74 Å². The summed E-state index contributed by atoms with van der Waals surface area (Å²) in [6, 6.07) is 8.31. The van der Waals surface area contributed by atoms with E-state index in [0.717, 1.165) is 24.3 Å². The summed E-state index contributed by atoms with van der Waals surface area (Å²) in [5.74, 6) is 0.991. The SMILES string of the molecule is COc1ccccc1C(C)N(C)C(=O)CCCNC(C)C. The zero-order valence-electron chi connectivity index (χ0n) is 13.8. The van der Waals surface area contributed by atoms with Gasteiger partial charge in [-0.3, -0.25) is 4.79 Å². The van der Waals surface area contributed by atoms with Gasteiger partial charge in [-0.05, 0) is 26.0 Å². The number of nitrogens with one attached hydrogen (secondary N) is 1. The molecule has 0 aliphatic heterocycles. The summed E-state index contributed by atoms with van der Waals surface area (Å²) in [5, 5.41) is 3.33. The average Bonchev–Trinajstić information content (AvgIpc) is 2.49. The average molecular weight is 292 g/mol. The lowest BCUT2D eigenvalue weighted by molar-refractivity contribution is -0.131. The molecule has 1 aromatic carbocycles. The fourth-order valence-electron chi connectivity index (χ4n) is 2.24. The van der Waals surface area contributed by atoms with Gasteiger partial charge < -0.3 is 15.0 Å². The van der Waals surface area contributed by atoms with Crippen LogP contribution in [0.2, 0.25) is 0 Å². The molecule has 1 N–H and O–H groups in total. The molecule has 1 rings (SSSR count). The highest BCUT2D eigenvalue weighted by atomic mass is 16.5. The summed E-state index contributed by atoms with van der Waals surface area (Å²) in [7, 11) is 3.51. The smallest absolute Gasteiger partial charge is 0.222 e. The first kappa shape index (κ1) is 17.5. The van der Waals surface area contributed by atoms with Crippen LogP contribution in [0.15, 0.2) is 24.3 Å². The fraction of sp³-hybridized carbons (Fsp3) is 0.588. The second-order valence-corrected chi connectivity index (χ2v) is 5.63. The van der Waals surface area contributed by atoms with Crippen molar-refractivity contribution in [3.05, 3.63) is 29.8 Å². The Balaban J connectivity index is 2.56. The highest BCUT2D eigenvalue weighted by molar-refractivity contribution is 5.76. The van der Waals surface area contributed by atoms with Crippen molar-refractivity contribution in [3.8, 4) is 5.75 Å². The summed E-state index contributed by atoms with van der Waals surface area (Å²) in [4.78, 5) is 14.1. The Morgan fingerprint density at radius 1 is 1.29 bits per heavy atom. The normalized spacial score (nSPS) is 12.3. The number of amides is 1. The van der Waals surface area contributed by atoms with Crippen LogP contribution in [-0.4, -0.2) is 37.6 Å². The standard InChI is InChI=1S/C17H28N2O2/c1-13(2)18-12-8-11-17(20)19(4)14(3)15-9-6-7-10-16(15)21-5/h6-7,9-10,13-14,18H,8,11-12H2,1-5H3. The molecule has 0 aliphatic rings. The Labute approximate surface area is 128 Å². The maximum Gasteiger partial charge on any atom is 0.222 e. The number of methoxy groups -OCH3 is 1. The van der Waals surface area contributed by atoms with Gasteiger partial charge in [0.15, 0.2) is 0 Å². The molecule has 21 heavy (non-hydrogen) atoms. The van der Waals surface area contributed by atoms with Crippen molar-refractivity contribution in [3.63, 3.8) is 0 Å². The molecule has 118 valence electrons. The first-order chi connectivity index (χ1) is 9.97. The number of benzene rings is 1. The molecular formula is C17H28N2O2. The summed E-state index contributed by atoms with van der Waals surface area (Å²) in [5.41, 5.74) is 1.04. The number of para-hydroxylation sites is 1. The molecule has 0 radical (unpaired) electrons. The molecule has 1 unspecified atom stereocenters. The predicted octanol–water partition coefficient (Wildman–Crippen LogP) is 2.99. The Kier molecular flexibility index (Phi) is 7.23. The molecule has 0 spiro atoms. The highest BCUT2D eigenvalue weighted by Crippen LogP contribution is 2.28. The molecule has 1 atom stereocenters. The number of ether oxygens (including phenoxy) is 1. The largest absolute Gasteiger partial charge is 0.496 e. The monoisotopic (exact) mass is 292 g/mol. The molecule has 4 nitrogen and oxygen atoms in total. The maximum atomic E-state index is 12.3. The number of carbonyl (C=O) groups excluding carboxylic acids is 1. The van der Waals surface area contributed by atoms with E-state index in [9.17, 15) is 4.79 Å². The van der Waals surface area contributed by atoms with Gasteiger partial charge in [0.05, 0.1) is 13.2 Å². The van der Waals surface area contributed by atoms with Gasteiger partial charge in [-0.2, -0.15) is 0 Å². The van der Waals surface area contributed by atoms with E-state index in [1.54, 1.807) is 12.0 Å². The minimum atomic E-state index is 0.00621. The van der Waals surface area contributed by atoms with Crippen LogP contribution >= 0.6 is 0 Å². The summed E-state index contributed by atoms with van der Waals surface area (Å²) in [6.45, 7) is 7.12. The predicted molar refractivity (Wildman–Crippen MR) is 86.6 cm³/mol. The third kappa shape index (κ3) is 5.38. The quantitative estimate of drug-likeness (QED) is 0.749. The summed E-state index contributed by atoms with van der Waals surface area (Å²) < 4.78 is 5.37. The van der Waals surface area contributed by atoms with Crippen molar-refractivity contribution in [1.29, 1.82) is 0 Å². The van der Waals surface area contributed by atoms with Crippen molar-refractivity contribution in [2.24, 2.45) is 0 Å². The Hall–Kier alpha value is -1.55. The zero-order chi connectivity index (χ0) is 15.8. The first-order valence-electron chi connectivity index (χ1n) is 7.59. The third-order valence-electron chi connectivity index (χ3n) is 3.68. The Morgan fingerprint density at radius 3 is 2.57 bits per heavy atom. The van der Waals surface area contributed by atoms with Gasteiger partial charge in [-0.1, -0.05) is 32.0 Å². The van der Waals surface area contributed by atoms with Gasteiger partial charge in [-0.25, -0.2) is 0 Å². The molecule has 0 saturated carbocycles. The number of nitrogens with zero attached hydrogens (tertiary/aromatic N) is 1. The van der Waals surface area contributed by atoms with E-state index in [1.807, 2.05) is 38.2 Å². The lowest BCUT2D eigenvalue weighted by Crippen LogP contribution is -2.31. The second kappa shape index (κ2) is 8.67. The zero-order valence-corrected chi connectivity index (χ0v) is 13.8. The summed E-state index contributed by atoms with van der Waals surface area (Å²) in [6.07, 6.45) is 1.43. The van der Waals surface area contributed by atoms with E-state index in [1.165, 1.54) is 0 Å². The van der Waals surface area contributed by atoms with Crippen molar-refractivity contribution >= 4 is 5.91 Å². The minimum Gasteiger partial charge on any atom is -0.496 e. The van der Waals surface area contributed by atoms with Crippen molar-refractivity contribution in [2.75, 3.05) is 20.7 Å². The molecule has 0 aromatic heterocycles. The van der Waals surface area contributed by atoms with Crippen LogP contribution in [0.25, 0.3) is 0 Å². The lowest BCUT2D eigenvalue weighted by Gasteiger charge is -2.26. The van der Waals surface area contributed by atoms with Crippen molar-refractivity contribution in [1.82, 2.24) is 10.2 Å². The van der Waals surface area contributed by atoms with E-state index in [2.05, 4.69) is 19.2 Å². The van der Waals surface area contributed by atoms with Crippen LogP contribution in [0.5, 0.6) is 5.75 Å². The minimum absolute atomic E-state index is 0.00621. The number of carbonyl (C=O) groups is 1. The van der Waals surface area contributed by atoms with Gasteiger partial charge in [0.1, 0.15) is 5.75 Å². The van der Waals surface area contributed by atoms with E-state index in [-0.39, 0.29) is 11.9 Å². The van der Waals surface area contributed by atoms with Crippen LogP contribution in [0, 0.1) is 0 Å². The fourth-order valence-corrected chi connectivity index (χ4v) is 2.24. The van der Waals surface area contributed by atoms with Crippen molar-refractivity contribution in [2.45, 2.75) is 45.7 Å². The number of hydrogen-bond acceptors (Lipinski definition) is 3. The molecule has 0 saturated heterocycles. The molecule has 0 bridgehead atoms. The van der Waals surface area contributed by atoms with Gasteiger partial charge in [-0.15, -0.1) is 0 Å². The first-order valence-corrected chi connectivity index (χ1v) is 7.59. The van der Waals surface area contributed by atoms with Crippen LogP contribution in [-0.2, 0) is 4.79 Å². The maximum absolute atomic E-state index is 12.3. The molecule has 1 amide bonds. The molecule has 0 heterocycles. The Morgan fingerprint density at radius 2 is 1.95 bits per heavy atom. The van der Waals surface area contributed by atoms with Crippen LogP contribution in [0.4, 0.5) is 0 Å².